The minimum absolute atomic E-state index is 0.0484. The molecule has 1 aromatic heterocycles. The molecule has 0 amide bonds. The van der Waals surface area contributed by atoms with E-state index < -0.39 is 10.0 Å². The summed E-state index contributed by atoms with van der Waals surface area (Å²) in [7, 11) is -3.33. The van der Waals surface area contributed by atoms with Crippen LogP contribution in [-0.2, 0) is 21.2 Å². The average molecular weight is 512 g/mol. The van der Waals surface area contributed by atoms with Gasteiger partial charge in [-0.25, -0.2) is 13.1 Å². The lowest BCUT2D eigenvalue weighted by atomic mass is 10.1. The summed E-state index contributed by atoms with van der Waals surface area (Å²) >= 11 is 2.78. The van der Waals surface area contributed by atoms with E-state index in [0.29, 0.717) is 44.7 Å². The number of aromatic hydroxyl groups is 1. The van der Waals surface area contributed by atoms with Crippen LogP contribution < -0.4 is 14.9 Å². The number of thioether (sulfide) groups is 1. The molecule has 0 bridgehead atoms. The molecule has 3 aromatic rings. The first-order valence-corrected chi connectivity index (χ1v) is 14.2. The van der Waals surface area contributed by atoms with Gasteiger partial charge < -0.3 is 20.1 Å². The second kappa shape index (κ2) is 13.1. The first kappa shape index (κ1) is 25.7. The number of hydrogen-bond acceptors (Lipinski definition) is 8. The number of rotatable bonds is 15. The number of ether oxygens (including phenoxy) is 1. The monoisotopic (exact) mass is 511 g/mol. The maximum absolute atomic E-state index is 12.1. The van der Waals surface area contributed by atoms with Crippen molar-refractivity contribution in [2.75, 3.05) is 44.4 Å². The number of nitrogens with one attached hydrogen (secondary N) is 3. The zero-order chi connectivity index (χ0) is 23.5. The molecule has 0 radical (unpaired) electrons. The summed E-state index contributed by atoms with van der Waals surface area (Å²) in [6.45, 7) is 2.40. The first-order valence-electron chi connectivity index (χ1n) is 10.7. The molecule has 1 heterocycles. The number of phenolic OH excluding ortho intramolecular Hbond substituents is 1. The van der Waals surface area contributed by atoms with Crippen molar-refractivity contribution in [3.8, 4) is 5.75 Å². The number of aromatic amines is 1. The standard InChI is InChI=1S/C22H29N3O5S3/c26-19-8-7-17(21-20(19)25-22(27)32-21)9-11-23-10-4-16-33(28,29)24-12-13-30-14-15-31-18-5-2-1-3-6-18/h1-3,5-8,23-24,26H,4,9-16H2,(H,25,27). The zero-order valence-electron chi connectivity index (χ0n) is 18.2. The van der Waals surface area contributed by atoms with E-state index in [9.17, 15) is 18.3 Å². The summed E-state index contributed by atoms with van der Waals surface area (Å²) in [5.41, 5.74) is 1.44. The van der Waals surface area contributed by atoms with Crippen molar-refractivity contribution in [1.82, 2.24) is 15.0 Å². The van der Waals surface area contributed by atoms with Crippen LogP contribution >= 0.6 is 23.1 Å². The molecular weight excluding hydrogens is 482 g/mol. The lowest BCUT2D eigenvalue weighted by Crippen LogP contribution is -2.31. The minimum atomic E-state index is -3.33. The van der Waals surface area contributed by atoms with Crippen LogP contribution in [0, 0.1) is 0 Å². The third-order valence-corrected chi connectivity index (χ3v) is 8.19. The molecule has 4 N–H and O–H groups in total. The Morgan fingerprint density at radius 3 is 2.70 bits per heavy atom. The predicted molar refractivity (Wildman–Crippen MR) is 135 cm³/mol. The molecular formula is C22H29N3O5S3. The number of sulfonamides is 1. The summed E-state index contributed by atoms with van der Waals surface area (Å²) in [5.74, 6) is 0.933. The highest BCUT2D eigenvalue weighted by Gasteiger charge is 2.10. The molecule has 3 rings (SSSR count). The van der Waals surface area contributed by atoms with Crippen molar-refractivity contribution in [3.05, 3.63) is 57.7 Å². The molecule has 0 unspecified atom stereocenters. The Hall–Kier alpha value is -1.89. The van der Waals surface area contributed by atoms with Gasteiger partial charge in [-0.3, -0.25) is 4.79 Å². The number of aromatic nitrogens is 1. The molecule has 0 saturated heterocycles. The highest BCUT2D eigenvalue weighted by Crippen LogP contribution is 2.27. The van der Waals surface area contributed by atoms with E-state index in [1.807, 2.05) is 30.3 Å². The maximum Gasteiger partial charge on any atom is 0.305 e. The van der Waals surface area contributed by atoms with E-state index in [2.05, 4.69) is 15.0 Å². The number of fused-ring (bicyclic) bond motifs is 1. The van der Waals surface area contributed by atoms with E-state index in [-0.39, 0.29) is 22.9 Å². The Labute approximate surface area is 201 Å². The lowest BCUT2D eigenvalue weighted by Gasteiger charge is -2.09. The highest BCUT2D eigenvalue weighted by atomic mass is 32.2. The highest BCUT2D eigenvalue weighted by molar-refractivity contribution is 7.99. The largest absolute Gasteiger partial charge is 0.506 e. The van der Waals surface area contributed by atoms with Crippen LogP contribution in [0.3, 0.4) is 0 Å². The Kier molecular flexibility index (Phi) is 10.2. The maximum atomic E-state index is 12.1. The summed E-state index contributed by atoms with van der Waals surface area (Å²) in [5, 5.41) is 13.1. The Balaban J connectivity index is 1.23. The molecule has 0 saturated carbocycles. The SMILES string of the molecule is O=c1[nH]c2c(O)ccc(CCNCCCS(=O)(=O)NCCOCCSc3ccccc3)c2s1. The summed E-state index contributed by atoms with van der Waals surface area (Å²) in [6.07, 6.45) is 1.17. The van der Waals surface area contributed by atoms with Gasteiger partial charge in [0.15, 0.2) is 0 Å². The molecule has 11 heteroatoms. The van der Waals surface area contributed by atoms with E-state index in [0.717, 1.165) is 27.4 Å². The average Bonchev–Trinajstić information content (AvgIpc) is 3.20. The van der Waals surface area contributed by atoms with Crippen molar-refractivity contribution in [2.45, 2.75) is 17.7 Å². The molecule has 0 aliphatic heterocycles. The van der Waals surface area contributed by atoms with Crippen LogP contribution in [0.2, 0.25) is 0 Å². The number of hydrogen-bond donors (Lipinski definition) is 4. The summed E-state index contributed by atoms with van der Waals surface area (Å²) in [6, 6.07) is 13.4. The molecule has 0 spiro atoms. The van der Waals surface area contributed by atoms with Crippen LogP contribution in [0.5, 0.6) is 5.75 Å². The Morgan fingerprint density at radius 1 is 1.06 bits per heavy atom. The van der Waals surface area contributed by atoms with Gasteiger partial charge in [-0.2, -0.15) is 0 Å². The second-order valence-electron chi connectivity index (χ2n) is 7.30. The molecule has 0 aliphatic rings. The van der Waals surface area contributed by atoms with Gasteiger partial charge in [0.05, 0.1) is 23.7 Å². The van der Waals surface area contributed by atoms with Crippen molar-refractivity contribution in [2.24, 2.45) is 0 Å². The van der Waals surface area contributed by atoms with Crippen LogP contribution in [0.25, 0.3) is 10.2 Å². The number of thiazole rings is 1. The topological polar surface area (TPSA) is 121 Å². The first-order chi connectivity index (χ1) is 15.9. The van der Waals surface area contributed by atoms with Gasteiger partial charge >= 0.3 is 4.87 Å². The van der Waals surface area contributed by atoms with Gasteiger partial charge in [-0.15, -0.1) is 11.8 Å². The fourth-order valence-corrected chi connectivity index (χ4v) is 5.93. The smallest absolute Gasteiger partial charge is 0.305 e. The van der Waals surface area contributed by atoms with Crippen LogP contribution in [0.4, 0.5) is 0 Å². The molecule has 180 valence electrons. The van der Waals surface area contributed by atoms with Crippen LogP contribution in [0.1, 0.15) is 12.0 Å². The molecule has 0 atom stereocenters. The summed E-state index contributed by atoms with van der Waals surface area (Å²) < 4.78 is 33.0. The van der Waals surface area contributed by atoms with Crippen molar-refractivity contribution >= 4 is 43.3 Å². The van der Waals surface area contributed by atoms with E-state index in [4.69, 9.17) is 4.74 Å². The Bertz CT molecular complexity index is 1160. The summed E-state index contributed by atoms with van der Waals surface area (Å²) in [4.78, 5) is 15.2. The van der Waals surface area contributed by atoms with Crippen molar-refractivity contribution in [1.29, 1.82) is 0 Å². The fraction of sp³-hybridized carbons (Fsp3) is 0.409. The Morgan fingerprint density at radius 2 is 1.88 bits per heavy atom. The molecule has 2 aromatic carbocycles. The number of H-pyrrole nitrogens is 1. The van der Waals surface area contributed by atoms with E-state index in [1.165, 1.54) is 4.90 Å². The quantitative estimate of drug-likeness (QED) is 0.183. The van der Waals surface area contributed by atoms with Crippen LogP contribution in [0.15, 0.2) is 52.2 Å². The molecule has 0 aliphatic carbocycles. The van der Waals surface area contributed by atoms with E-state index >= 15 is 0 Å². The second-order valence-corrected chi connectivity index (χ2v) is 11.4. The zero-order valence-corrected chi connectivity index (χ0v) is 20.7. The number of phenols is 1. The van der Waals surface area contributed by atoms with Gasteiger partial charge in [0.1, 0.15) is 11.3 Å². The van der Waals surface area contributed by atoms with Gasteiger partial charge in [0.25, 0.3) is 0 Å². The molecule has 0 fully saturated rings. The predicted octanol–water partition coefficient (Wildman–Crippen LogP) is 2.55. The normalized spacial score (nSPS) is 11.9. The van der Waals surface area contributed by atoms with Gasteiger partial charge in [0.2, 0.25) is 10.0 Å². The molecule has 8 nitrogen and oxygen atoms in total. The number of benzene rings is 2. The molecule has 33 heavy (non-hydrogen) atoms. The fourth-order valence-electron chi connectivity index (χ4n) is 3.18. The van der Waals surface area contributed by atoms with Crippen molar-refractivity contribution < 1.29 is 18.3 Å². The third kappa shape index (κ3) is 8.76. The van der Waals surface area contributed by atoms with E-state index in [1.54, 1.807) is 23.9 Å². The lowest BCUT2D eigenvalue weighted by molar-refractivity contribution is 0.155. The third-order valence-electron chi connectivity index (χ3n) is 4.78. The minimum Gasteiger partial charge on any atom is -0.506 e. The van der Waals surface area contributed by atoms with Gasteiger partial charge in [-0.1, -0.05) is 35.6 Å². The van der Waals surface area contributed by atoms with Gasteiger partial charge in [0, 0.05) is 17.2 Å². The van der Waals surface area contributed by atoms with Gasteiger partial charge in [-0.05, 0) is 49.7 Å². The van der Waals surface area contributed by atoms with Crippen LogP contribution in [-0.4, -0.2) is 62.9 Å². The van der Waals surface area contributed by atoms with Crippen molar-refractivity contribution in [3.63, 3.8) is 0 Å².